The van der Waals surface area contributed by atoms with Crippen LogP contribution in [0.25, 0.3) is 0 Å². The fourth-order valence-electron chi connectivity index (χ4n) is 2.66. The Balaban J connectivity index is 1.89. The number of piperazine rings is 1. The second kappa shape index (κ2) is 7.30. The Kier molecular flexibility index (Phi) is 5.59. The van der Waals surface area contributed by atoms with Gasteiger partial charge in [0.2, 0.25) is 11.8 Å². The van der Waals surface area contributed by atoms with Crippen LogP contribution in [0.5, 0.6) is 0 Å². The van der Waals surface area contributed by atoms with Crippen LogP contribution in [0.15, 0.2) is 24.3 Å². The normalized spacial score (nSPS) is 16.9. The van der Waals surface area contributed by atoms with E-state index in [0.717, 1.165) is 0 Å². The maximum absolute atomic E-state index is 13.6. The van der Waals surface area contributed by atoms with Gasteiger partial charge in [0.25, 0.3) is 0 Å². The minimum absolute atomic E-state index is 0.0438. The molecule has 0 unspecified atom stereocenters. The number of halogens is 1. The van der Waals surface area contributed by atoms with Crippen LogP contribution in [0.3, 0.4) is 0 Å². The highest BCUT2D eigenvalue weighted by Crippen LogP contribution is 2.20. The molecule has 1 aromatic rings. The highest BCUT2D eigenvalue weighted by atomic mass is 19.1. The van der Waals surface area contributed by atoms with Gasteiger partial charge in [0.05, 0.1) is 12.5 Å². The van der Waals surface area contributed by atoms with E-state index in [2.05, 4.69) is 0 Å². The fourth-order valence-corrected chi connectivity index (χ4v) is 2.66. The molecule has 1 aromatic carbocycles. The van der Waals surface area contributed by atoms with Gasteiger partial charge in [-0.3, -0.25) is 9.59 Å². The highest BCUT2D eigenvalue weighted by molar-refractivity contribution is 5.83. The Hall–Kier alpha value is -1.95. The zero-order valence-corrected chi connectivity index (χ0v) is 14.6. The lowest BCUT2D eigenvalue weighted by Gasteiger charge is -2.38. The Morgan fingerprint density at radius 2 is 1.67 bits per heavy atom. The summed E-state index contributed by atoms with van der Waals surface area (Å²) < 4.78 is 13.6. The van der Waals surface area contributed by atoms with E-state index < -0.39 is 6.04 Å². The van der Waals surface area contributed by atoms with E-state index >= 15 is 0 Å². The van der Waals surface area contributed by atoms with Gasteiger partial charge in [-0.25, -0.2) is 4.39 Å². The number of carbonyl (C=O) groups is 2. The third kappa shape index (κ3) is 4.32. The van der Waals surface area contributed by atoms with Gasteiger partial charge in [0, 0.05) is 26.2 Å². The summed E-state index contributed by atoms with van der Waals surface area (Å²) in [5, 5.41) is 0. The van der Waals surface area contributed by atoms with Crippen molar-refractivity contribution in [3.8, 4) is 0 Å². The lowest BCUT2D eigenvalue weighted by atomic mass is 9.86. The van der Waals surface area contributed by atoms with Crippen molar-refractivity contribution >= 4 is 11.8 Å². The van der Waals surface area contributed by atoms with Gasteiger partial charge in [-0.15, -0.1) is 0 Å². The molecule has 2 rings (SSSR count). The van der Waals surface area contributed by atoms with Crippen molar-refractivity contribution in [1.82, 2.24) is 9.80 Å². The molecule has 6 heteroatoms. The van der Waals surface area contributed by atoms with Crippen molar-refractivity contribution in [2.75, 3.05) is 26.2 Å². The van der Waals surface area contributed by atoms with Crippen LogP contribution in [0.1, 0.15) is 26.3 Å². The summed E-state index contributed by atoms with van der Waals surface area (Å²) in [6, 6.07) is 5.74. The molecule has 1 saturated heterocycles. The zero-order valence-electron chi connectivity index (χ0n) is 14.6. The molecule has 0 radical (unpaired) electrons. The highest BCUT2D eigenvalue weighted by Gasteiger charge is 2.33. The lowest BCUT2D eigenvalue weighted by Crippen LogP contribution is -2.57. The van der Waals surface area contributed by atoms with Gasteiger partial charge in [0.1, 0.15) is 5.82 Å². The molecule has 1 atom stereocenters. The van der Waals surface area contributed by atoms with E-state index in [4.69, 9.17) is 5.73 Å². The topological polar surface area (TPSA) is 66.6 Å². The molecule has 0 bridgehead atoms. The smallest absolute Gasteiger partial charge is 0.240 e. The molecule has 2 N–H and O–H groups in total. The van der Waals surface area contributed by atoms with E-state index in [0.29, 0.717) is 31.7 Å². The van der Waals surface area contributed by atoms with E-state index in [-0.39, 0.29) is 29.5 Å². The quantitative estimate of drug-likeness (QED) is 0.908. The van der Waals surface area contributed by atoms with Gasteiger partial charge >= 0.3 is 0 Å². The maximum atomic E-state index is 13.6. The first-order valence-corrected chi connectivity index (χ1v) is 8.25. The summed E-state index contributed by atoms with van der Waals surface area (Å²) in [5.41, 5.74) is 6.13. The van der Waals surface area contributed by atoms with Gasteiger partial charge < -0.3 is 15.5 Å². The largest absolute Gasteiger partial charge is 0.339 e. The number of rotatable bonds is 3. The van der Waals surface area contributed by atoms with Crippen LogP contribution in [0.4, 0.5) is 4.39 Å². The molecule has 0 aliphatic carbocycles. The van der Waals surface area contributed by atoms with Crippen molar-refractivity contribution in [2.24, 2.45) is 11.1 Å². The number of hydrogen-bond acceptors (Lipinski definition) is 3. The Labute approximate surface area is 142 Å². The van der Waals surface area contributed by atoms with Gasteiger partial charge in [-0.2, -0.15) is 0 Å². The first-order chi connectivity index (χ1) is 11.2. The summed E-state index contributed by atoms with van der Waals surface area (Å²) in [6.45, 7) is 7.64. The van der Waals surface area contributed by atoms with E-state index in [1.54, 1.807) is 28.0 Å². The van der Waals surface area contributed by atoms with Gasteiger partial charge in [-0.1, -0.05) is 39.0 Å². The van der Waals surface area contributed by atoms with Crippen molar-refractivity contribution in [3.05, 3.63) is 35.6 Å². The molecule has 5 nitrogen and oxygen atoms in total. The predicted molar refractivity (Wildman–Crippen MR) is 90.7 cm³/mol. The molecule has 1 fully saturated rings. The third-order valence-corrected chi connectivity index (χ3v) is 4.44. The van der Waals surface area contributed by atoms with E-state index in [9.17, 15) is 14.0 Å². The van der Waals surface area contributed by atoms with Crippen LogP contribution in [-0.4, -0.2) is 53.8 Å². The summed E-state index contributed by atoms with van der Waals surface area (Å²) >= 11 is 0. The molecule has 0 saturated carbocycles. The zero-order chi connectivity index (χ0) is 17.9. The first kappa shape index (κ1) is 18.4. The molecular formula is C18H26FN3O2. The van der Waals surface area contributed by atoms with Crippen LogP contribution < -0.4 is 5.73 Å². The van der Waals surface area contributed by atoms with Crippen LogP contribution in [0.2, 0.25) is 0 Å². The number of nitrogens with zero attached hydrogens (tertiary/aromatic N) is 2. The Bertz CT molecular complexity index is 605. The van der Waals surface area contributed by atoms with Crippen LogP contribution >= 0.6 is 0 Å². The van der Waals surface area contributed by atoms with Gasteiger partial charge in [0.15, 0.2) is 0 Å². The number of benzene rings is 1. The van der Waals surface area contributed by atoms with E-state index in [1.807, 2.05) is 20.8 Å². The third-order valence-electron chi connectivity index (χ3n) is 4.44. The monoisotopic (exact) mass is 335 g/mol. The molecule has 0 aromatic heterocycles. The summed E-state index contributed by atoms with van der Waals surface area (Å²) in [4.78, 5) is 28.1. The maximum Gasteiger partial charge on any atom is 0.240 e. The number of carbonyl (C=O) groups excluding carboxylic acids is 2. The van der Waals surface area contributed by atoms with Crippen molar-refractivity contribution in [3.63, 3.8) is 0 Å². The molecule has 2 amide bonds. The average Bonchev–Trinajstić information content (AvgIpc) is 2.55. The van der Waals surface area contributed by atoms with Crippen molar-refractivity contribution < 1.29 is 14.0 Å². The Morgan fingerprint density at radius 1 is 1.12 bits per heavy atom. The van der Waals surface area contributed by atoms with Crippen molar-refractivity contribution in [2.45, 2.75) is 33.2 Å². The SMILES string of the molecule is CC(C)(C)[C@H](N)C(=O)N1CCN(C(=O)Cc2ccccc2F)CC1. The molecule has 24 heavy (non-hydrogen) atoms. The minimum Gasteiger partial charge on any atom is -0.339 e. The number of hydrogen-bond donors (Lipinski definition) is 1. The molecule has 1 aliphatic heterocycles. The lowest BCUT2D eigenvalue weighted by molar-refractivity contribution is -0.141. The van der Waals surface area contributed by atoms with E-state index in [1.165, 1.54) is 6.07 Å². The first-order valence-electron chi connectivity index (χ1n) is 8.25. The second-order valence-corrected chi connectivity index (χ2v) is 7.32. The fraction of sp³-hybridized carbons (Fsp3) is 0.556. The summed E-state index contributed by atoms with van der Waals surface area (Å²) in [6.07, 6.45) is 0.0438. The number of nitrogens with two attached hydrogens (primary N) is 1. The van der Waals surface area contributed by atoms with Crippen molar-refractivity contribution in [1.29, 1.82) is 0 Å². The minimum atomic E-state index is -0.557. The van der Waals surface area contributed by atoms with Crippen LogP contribution in [0, 0.1) is 11.2 Å². The number of amides is 2. The Morgan fingerprint density at radius 3 is 2.21 bits per heavy atom. The molecule has 1 aliphatic rings. The van der Waals surface area contributed by atoms with Crippen LogP contribution in [-0.2, 0) is 16.0 Å². The molecule has 1 heterocycles. The predicted octanol–water partition coefficient (Wildman–Crippen LogP) is 1.41. The summed E-state index contributed by atoms with van der Waals surface area (Å²) in [5.74, 6) is -0.563. The average molecular weight is 335 g/mol. The summed E-state index contributed by atoms with van der Waals surface area (Å²) in [7, 11) is 0. The second-order valence-electron chi connectivity index (χ2n) is 7.32. The molecule has 132 valence electrons. The van der Waals surface area contributed by atoms with Gasteiger partial charge in [-0.05, 0) is 17.0 Å². The standard InChI is InChI=1S/C18H26FN3O2/c1-18(2,3)16(20)17(24)22-10-8-21(9-11-22)15(23)12-13-6-4-5-7-14(13)19/h4-7,16H,8-12,20H2,1-3H3/t16-/m1/s1. The molecular weight excluding hydrogens is 309 g/mol. The molecule has 0 spiro atoms.